The van der Waals surface area contributed by atoms with Gasteiger partial charge in [0.15, 0.2) is 0 Å². The monoisotopic (exact) mass is 261 g/mol. The molecule has 2 atom stereocenters. The summed E-state index contributed by atoms with van der Waals surface area (Å²) < 4.78 is 0. The van der Waals surface area contributed by atoms with Gasteiger partial charge in [0.1, 0.15) is 10.0 Å². The van der Waals surface area contributed by atoms with Crippen molar-refractivity contribution in [1.82, 2.24) is 10.2 Å². The molecule has 0 radical (unpaired) electrons. The summed E-state index contributed by atoms with van der Waals surface area (Å²) >= 11 is 1.63. The Kier molecular flexibility index (Phi) is 4.44. The van der Waals surface area contributed by atoms with Gasteiger partial charge in [-0.05, 0) is 11.5 Å². The highest BCUT2D eigenvalue weighted by atomic mass is 32.1. The van der Waals surface area contributed by atoms with E-state index in [4.69, 9.17) is 5.73 Å². The Hall–Kier alpha value is -1.26. The van der Waals surface area contributed by atoms with Gasteiger partial charge in [0.25, 0.3) is 0 Å². The predicted octanol–water partition coefficient (Wildman–Crippen LogP) is 3.17. The summed E-state index contributed by atoms with van der Waals surface area (Å²) in [5, 5.41) is 10.5. The van der Waals surface area contributed by atoms with Gasteiger partial charge in [0.05, 0.1) is 6.04 Å². The Morgan fingerprint density at radius 3 is 2.61 bits per heavy atom. The molecule has 0 spiro atoms. The third kappa shape index (κ3) is 3.15. The molecule has 0 aliphatic rings. The molecule has 0 saturated heterocycles. The predicted molar refractivity (Wildman–Crippen MR) is 75.5 cm³/mol. The molecule has 2 unspecified atom stereocenters. The normalized spacial score (nSPS) is 14.4. The lowest BCUT2D eigenvalue weighted by Gasteiger charge is -2.07. The van der Waals surface area contributed by atoms with Gasteiger partial charge in [-0.15, -0.1) is 10.2 Å². The highest BCUT2D eigenvalue weighted by Gasteiger charge is 2.15. The Labute approximate surface area is 112 Å². The molecule has 3 nitrogen and oxygen atoms in total. The summed E-state index contributed by atoms with van der Waals surface area (Å²) in [6.07, 6.45) is 2.16. The van der Waals surface area contributed by atoms with Crippen molar-refractivity contribution in [3.63, 3.8) is 0 Å². The number of hydrogen-bond acceptors (Lipinski definition) is 4. The number of aromatic nitrogens is 2. The first-order chi connectivity index (χ1) is 8.70. The van der Waals surface area contributed by atoms with E-state index in [0.717, 1.165) is 22.0 Å². The molecule has 96 valence electrons. The Bertz CT molecular complexity index is 481. The zero-order chi connectivity index (χ0) is 13.0. The van der Waals surface area contributed by atoms with Crippen LogP contribution in [0.4, 0.5) is 0 Å². The van der Waals surface area contributed by atoms with Gasteiger partial charge >= 0.3 is 0 Å². The molecule has 2 N–H and O–H groups in total. The molecule has 18 heavy (non-hydrogen) atoms. The molecule has 2 aromatic rings. The van der Waals surface area contributed by atoms with Crippen molar-refractivity contribution in [3.8, 4) is 0 Å². The number of rotatable bonds is 5. The SMILES string of the molecule is CCC(C)Cc1nnc(C(N)c2ccccc2)s1. The average molecular weight is 261 g/mol. The van der Waals surface area contributed by atoms with Crippen LogP contribution in [-0.2, 0) is 6.42 Å². The summed E-state index contributed by atoms with van der Waals surface area (Å²) in [6, 6.07) is 9.88. The molecule has 0 aliphatic heterocycles. The van der Waals surface area contributed by atoms with E-state index < -0.39 is 0 Å². The molecule has 0 fully saturated rings. The molecule has 1 aromatic heterocycles. The molecule has 1 aromatic carbocycles. The number of nitrogens with zero attached hydrogens (tertiary/aromatic N) is 2. The van der Waals surface area contributed by atoms with Crippen LogP contribution in [0.1, 0.15) is 41.9 Å². The topological polar surface area (TPSA) is 51.8 Å². The summed E-state index contributed by atoms with van der Waals surface area (Å²) in [4.78, 5) is 0. The van der Waals surface area contributed by atoms with E-state index >= 15 is 0 Å². The van der Waals surface area contributed by atoms with Crippen LogP contribution >= 0.6 is 11.3 Å². The smallest absolute Gasteiger partial charge is 0.138 e. The van der Waals surface area contributed by atoms with E-state index in [1.54, 1.807) is 11.3 Å². The van der Waals surface area contributed by atoms with Gasteiger partial charge in [-0.3, -0.25) is 0 Å². The van der Waals surface area contributed by atoms with Crippen molar-refractivity contribution in [2.75, 3.05) is 0 Å². The first-order valence-corrected chi connectivity index (χ1v) is 7.15. The van der Waals surface area contributed by atoms with E-state index in [-0.39, 0.29) is 6.04 Å². The fourth-order valence-electron chi connectivity index (χ4n) is 1.72. The van der Waals surface area contributed by atoms with Crippen molar-refractivity contribution < 1.29 is 0 Å². The quantitative estimate of drug-likeness (QED) is 0.899. The van der Waals surface area contributed by atoms with Crippen molar-refractivity contribution >= 4 is 11.3 Å². The van der Waals surface area contributed by atoms with Crippen LogP contribution in [0.15, 0.2) is 30.3 Å². The van der Waals surface area contributed by atoms with E-state index in [1.165, 1.54) is 6.42 Å². The van der Waals surface area contributed by atoms with Crippen molar-refractivity contribution in [2.24, 2.45) is 11.7 Å². The van der Waals surface area contributed by atoms with Gasteiger partial charge in [0.2, 0.25) is 0 Å². The largest absolute Gasteiger partial charge is 0.318 e. The lowest BCUT2D eigenvalue weighted by atomic mass is 10.1. The third-order valence-corrected chi connectivity index (χ3v) is 4.16. The summed E-state index contributed by atoms with van der Waals surface area (Å²) in [6.45, 7) is 4.43. The molecule has 0 amide bonds. The number of hydrogen-bond donors (Lipinski definition) is 1. The van der Waals surface area contributed by atoms with Gasteiger partial charge in [0, 0.05) is 6.42 Å². The van der Waals surface area contributed by atoms with Crippen molar-refractivity contribution in [3.05, 3.63) is 45.9 Å². The molecule has 4 heteroatoms. The maximum absolute atomic E-state index is 6.20. The standard InChI is InChI=1S/C14H19N3S/c1-3-10(2)9-12-16-17-14(18-12)13(15)11-7-5-4-6-8-11/h4-8,10,13H,3,9,15H2,1-2H3. The Morgan fingerprint density at radius 2 is 1.94 bits per heavy atom. The van der Waals surface area contributed by atoms with Crippen LogP contribution in [0.3, 0.4) is 0 Å². The average Bonchev–Trinajstić information content (AvgIpc) is 2.87. The van der Waals surface area contributed by atoms with Crippen molar-refractivity contribution in [2.45, 2.75) is 32.7 Å². The second-order valence-corrected chi connectivity index (χ2v) is 5.73. The zero-order valence-corrected chi connectivity index (χ0v) is 11.7. The molecular weight excluding hydrogens is 242 g/mol. The Balaban J connectivity index is 2.10. The maximum atomic E-state index is 6.20. The fraction of sp³-hybridized carbons (Fsp3) is 0.429. The second kappa shape index (κ2) is 6.07. The third-order valence-electron chi connectivity index (χ3n) is 3.13. The first kappa shape index (κ1) is 13.2. The molecular formula is C14H19N3S. The Morgan fingerprint density at radius 1 is 1.22 bits per heavy atom. The summed E-state index contributed by atoms with van der Waals surface area (Å²) in [7, 11) is 0. The van der Waals surface area contributed by atoms with Crippen LogP contribution in [0.2, 0.25) is 0 Å². The first-order valence-electron chi connectivity index (χ1n) is 6.33. The minimum atomic E-state index is -0.158. The van der Waals surface area contributed by atoms with E-state index in [1.807, 2.05) is 30.3 Å². The minimum Gasteiger partial charge on any atom is -0.318 e. The zero-order valence-electron chi connectivity index (χ0n) is 10.8. The maximum Gasteiger partial charge on any atom is 0.138 e. The van der Waals surface area contributed by atoms with E-state index in [2.05, 4.69) is 24.0 Å². The number of nitrogens with two attached hydrogens (primary N) is 1. The fourth-order valence-corrected chi connectivity index (χ4v) is 2.76. The molecule has 2 rings (SSSR count). The molecule has 0 aliphatic carbocycles. The lowest BCUT2D eigenvalue weighted by molar-refractivity contribution is 0.556. The summed E-state index contributed by atoms with van der Waals surface area (Å²) in [5.41, 5.74) is 7.29. The van der Waals surface area contributed by atoms with Crippen LogP contribution in [0.25, 0.3) is 0 Å². The van der Waals surface area contributed by atoms with E-state index in [9.17, 15) is 0 Å². The van der Waals surface area contributed by atoms with Crippen LogP contribution in [0.5, 0.6) is 0 Å². The van der Waals surface area contributed by atoms with Gasteiger partial charge in [-0.2, -0.15) is 0 Å². The van der Waals surface area contributed by atoms with Crippen LogP contribution < -0.4 is 5.73 Å². The van der Waals surface area contributed by atoms with Gasteiger partial charge in [-0.25, -0.2) is 0 Å². The number of benzene rings is 1. The lowest BCUT2D eigenvalue weighted by Crippen LogP contribution is -2.11. The van der Waals surface area contributed by atoms with Crippen molar-refractivity contribution in [1.29, 1.82) is 0 Å². The minimum absolute atomic E-state index is 0.158. The van der Waals surface area contributed by atoms with Gasteiger partial charge < -0.3 is 5.73 Å². The molecule has 0 bridgehead atoms. The van der Waals surface area contributed by atoms with Crippen LogP contribution in [-0.4, -0.2) is 10.2 Å². The second-order valence-electron chi connectivity index (χ2n) is 4.64. The highest BCUT2D eigenvalue weighted by Crippen LogP contribution is 2.24. The summed E-state index contributed by atoms with van der Waals surface area (Å²) in [5.74, 6) is 0.652. The molecule has 1 heterocycles. The molecule has 0 saturated carbocycles. The van der Waals surface area contributed by atoms with Crippen LogP contribution in [0, 0.1) is 5.92 Å². The van der Waals surface area contributed by atoms with E-state index in [0.29, 0.717) is 5.92 Å². The highest BCUT2D eigenvalue weighted by molar-refractivity contribution is 7.11. The van der Waals surface area contributed by atoms with Gasteiger partial charge in [-0.1, -0.05) is 61.9 Å².